The zero-order valence-electron chi connectivity index (χ0n) is 12.1. The van der Waals surface area contributed by atoms with Crippen LogP contribution >= 0.6 is 11.6 Å². The molecule has 0 bridgehead atoms. The number of hydrogen-bond acceptors (Lipinski definition) is 7. The molecular weight excluding hydrogens is 290 g/mol. The Morgan fingerprint density at radius 3 is 2.52 bits per heavy atom. The molecule has 0 saturated carbocycles. The van der Waals surface area contributed by atoms with Gasteiger partial charge in [0.1, 0.15) is 0 Å². The van der Waals surface area contributed by atoms with Gasteiger partial charge < -0.3 is 10.2 Å². The normalized spacial score (nSPS) is 11.9. The maximum absolute atomic E-state index is 6.00. The van der Waals surface area contributed by atoms with Gasteiger partial charge in [-0.05, 0) is 24.6 Å². The number of anilines is 3. The van der Waals surface area contributed by atoms with Crippen LogP contribution in [0.3, 0.4) is 0 Å². The Balaban J connectivity index is 2.24. The van der Waals surface area contributed by atoms with Gasteiger partial charge in [0.2, 0.25) is 17.8 Å². The van der Waals surface area contributed by atoms with Crippen LogP contribution < -0.4 is 21.5 Å². The minimum atomic E-state index is -0.00765. The van der Waals surface area contributed by atoms with E-state index in [9.17, 15) is 0 Å². The molecule has 1 unspecified atom stereocenters. The Kier molecular flexibility index (Phi) is 4.77. The predicted octanol–water partition coefficient (Wildman–Crippen LogP) is 2.05. The van der Waals surface area contributed by atoms with Crippen LogP contribution in [0.25, 0.3) is 0 Å². The van der Waals surface area contributed by atoms with E-state index in [-0.39, 0.29) is 6.04 Å². The molecule has 0 spiro atoms. The topological polar surface area (TPSA) is 92.0 Å². The SMILES string of the molecule is CC(Nc1nc(NN)nc(N(C)C)n1)c1cccc(Cl)c1. The molecule has 0 aliphatic carbocycles. The number of hydrogen-bond donors (Lipinski definition) is 3. The second-order valence-corrected chi connectivity index (χ2v) is 5.18. The summed E-state index contributed by atoms with van der Waals surface area (Å²) in [7, 11) is 3.69. The molecule has 2 rings (SSSR count). The summed E-state index contributed by atoms with van der Waals surface area (Å²) in [6.45, 7) is 2.00. The van der Waals surface area contributed by atoms with Crippen molar-refractivity contribution in [2.24, 2.45) is 5.84 Å². The molecule has 0 saturated heterocycles. The first kappa shape index (κ1) is 15.3. The van der Waals surface area contributed by atoms with Crippen molar-refractivity contribution in [3.63, 3.8) is 0 Å². The molecule has 0 fully saturated rings. The van der Waals surface area contributed by atoms with Gasteiger partial charge in [-0.15, -0.1) is 0 Å². The fraction of sp³-hybridized carbons (Fsp3) is 0.308. The Hall–Kier alpha value is -2.12. The van der Waals surface area contributed by atoms with Gasteiger partial charge >= 0.3 is 0 Å². The van der Waals surface area contributed by atoms with Gasteiger partial charge in [-0.25, -0.2) is 5.84 Å². The summed E-state index contributed by atoms with van der Waals surface area (Å²) in [5.74, 6) is 6.64. The van der Waals surface area contributed by atoms with E-state index in [0.29, 0.717) is 22.9 Å². The van der Waals surface area contributed by atoms with Gasteiger partial charge in [0.15, 0.2) is 0 Å². The lowest BCUT2D eigenvalue weighted by Gasteiger charge is -2.17. The largest absolute Gasteiger partial charge is 0.348 e. The zero-order chi connectivity index (χ0) is 15.4. The number of nitrogens with one attached hydrogen (secondary N) is 2. The Morgan fingerprint density at radius 1 is 1.19 bits per heavy atom. The molecule has 1 aromatic heterocycles. The highest BCUT2D eigenvalue weighted by Crippen LogP contribution is 2.21. The van der Waals surface area contributed by atoms with Crippen LogP contribution in [0.5, 0.6) is 0 Å². The highest BCUT2D eigenvalue weighted by atomic mass is 35.5. The number of rotatable bonds is 5. The van der Waals surface area contributed by atoms with E-state index >= 15 is 0 Å². The lowest BCUT2D eigenvalue weighted by atomic mass is 10.1. The second kappa shape index (κ2) is 6.55. The molecule has 1 heterocycles. The van der Waals surface area contributed by atoms with E-state index in [0.717, 1.165) is 5.56 Å². The van der Waals surface area contributed by atoms with Crippen LogP contribution in [0.4, 0.5) is 17.8 Å². The van der Waals surface area contributed by atoms with Crippen LogP contribution in [-0.2, 0) is 0 Å². The minimum absolute atomic E-state index is 0.00765. The van der Waals surface area contributed by atoms with Crippen molar-refractivity contribution in [1.29, 1.82) is 0 Å². The molecular formula is C13H18ClN7. The number of nitrogen functional groups attached to an aromatic ring is 1. The number of nitrogens with zero attached hydrogens (tertiary/aromatic N) is 4. The maximum atomic E-state index is 6.00. The number of nitrogens with two attached hydrogens (primary N) is 1. The summed E-state index contributed by atoms with van der Waals surface area (Å²) >= 11 is 6.00. The van der Waals surface area contributed by atoms with Gasteiger partial charge in [0.05, 0.1) is 6.04 Å². The first-order valence-corrected chi connectivity index (χ1v) is 6.79. The summed E-state index contributed by atoms with van der Waals surface area (Å²) < 4.78 is 0. The Morgan fingerprint density at radius 2 is 1.90 bits per heavy atom. The van der Waals surface area contributed by atoms with E-state index in [2.05, 4.69) is 25.7 Å². The van der Waals surface area contributed by atoms with E-state index in [4.69, 9.17) is 17.4 Å². The number of benzene rings is 1. The van der Waals surface area contributed by atoms with Gasteiger partial charge in [-0.1, -0.05) is 23.7 Å². The van der Waals surface area contributed by atoms with Gasteiger partial charge in [0, 0.05) is 19.1 Å². The number of hydrazine groups is 1. The summed E-state index contributed by atoms with van der Waals surface area (Å²) in [5, 5.41) is 3.90. The van der Waals surface area contributed by atoms with Crippen molar-refractivity contribution < 1.29 is 0 Å². The molecule has 2 aromatic rings. The fourth-order valence-electron chi connectivity index (χ4n) is 1.75. The third-order valence-electron chi connectivity index (χ3n) is 2.85. The quantitative estimate of drug-likeness (QED) is 0.575. The smallest absolute Gasteiger partial charge is 0.243 e. The van der Waals surface area contributed by atoms with Crippen LogP contribution in [0.15, 0.2) is 24.3 Å². The van der Waals surface area contributed by atoms with E-state index < -0.39 is 0 Å². The molecule has 0 radical (unpaired) electrons. The predicted molar refractivity (Wildman–Crippen MR) is 85.5 cm³/mol. The highest BCUT2D eigenvalue weighted by Gasteiger charge is 2.11. The molecule has 1 aromatic carbocycles. The lowest BCUT2D eigenvalue weighted by molar-refractivity contribution is 0.847. The van der Waals surface area contributed by atoms with Gasteiger partial charge in [-0.2, -0.15) is 15.0 Å². The molecule has 0 aliphatic heterocycles. The average Bonchev–Trinajstić information content (AvgIpc) is 2.46. The van der Waals surface area contributed by atoms with E-state index in [1.54, 1.807) is 4.90 Å². The summed E-state index contributed by atoms with van der Waals surface area (Å²) in [5.41, 5.74) is 3.47. The fourth-order valence-corrected chi connectivity index (χ4v) is 1.95. The van der Waals surface area contributed by atoms with Crippen molar-refractivity contribution in [1.82, 2.24) is 15.0 Å². The van der Waals surface area contributed by atoms with E-state index in [1.807, 2.05) is 45.3 Å². The van der Waals surface area contributed by atoms with Crippen LogP contribution in [0.2, 0.25) is 5.02 Å². The van der Waals surface area contributed by atoms with Crippen molar-refractivity contribution >= 4 is 29.4 Å². The molecule has 4 N–H and O–H groups in total. The number of aromatic nitrogens is 3. The second-order valence-electron chi connectivity index (χ2n) is 4.74. The molecule has 7 nitrogen and oxygen atoms in total. The monoisotopic (exact) mass is 307 g/mol. The molecule has 0 amide bonds. The first-order valence-electron chi connectivity index (χ1n) is 6.41. The van der Waals surface area contributed by atoms with Crippen LogP contribution in [0, 0.1) is 0 Å². The standard InChI is InChI=1S/C13H18ClN7/c1-8(9-5-4-6-10(14)7-9)16-11-17-12(20-15)19-13(18-11)21(2)3/h4-8H,15H2,1-3H3,(H2,16,17,18,19,20). The summed E-state index contributed by atoms with van der Waals surface area (Å²) in [6.07, 6.45) is 0. The lowest BCUT2D eigenvalue weighted by Crippen LogP contribution is -2.19. The first-order chi connectivity index (χ1) is 9.99. The molecule has 21 heavy (non-hydrogen) atoms. The molecule has 112 valence electrons. The maximum Gasteiger partial charge on any atom is 0.243 e. The van der Waals surface area contributed by atoms with Gasteiger partial charge in [0.25, 0.3) is 0 Å². The zero-order valence-corrected chi connectivity index (χ0v) is 12.9. The van der Waals surface area contributed by atoms with Crippen molar-refractivity contribution in [3.05, 3.63) is 34.9 Å². The van der Waals surface area contributed by atoms with Gasteiger partial charge in [-0.3, -0.25) is 5.43 Å². The van der Waals surface area contributed by atoms with Crippen LogP contribution in [-0.4, -0.2) is 29.0 Å². The molecule has 0 aliphatic rings. The Labute approximate surface area is 128 Å². The third kappa shape index (κ3) is 3.93. The average molecular weight is 308 g/mol. The number of halogens is 1. The molecule has 8 heteroatoms. The van der Waals surface area contributed by atoms with Crippen molar-refractivity contribution in [2.75, 3.05) is 29.7 Å². The third-order valence-corrected chi connectivity index (χ3v) is 3.08. The van der Waals surface area contributed by atoms with Crippen molar-refractivity contribution in [3.8, 4) is 0 Å². The van der Waals surface area contributed by atoms with E-state index in [1.165, 1.54) is 0 Å². The summed E-state index contributed by atoms with van der Waals surface area (Å²) in [4.78, 5) is 14.5. The highest BCUT2D eigenvalue weighted by molar-refractivity contribution is 6.30. The Bertz CT molecular complexity index is 617. The van der Waals surface area contributed by atoms with Crippen LogP contribution in [0.1, 0.15) is 18.5 Å². The van der Waals surface area contributed by atoms with Crippen molar-refractivity contribution in [2.45, 2.75) is 13.0 Å². The minimum Gasteiger partial charge on any atom is -0.348 e. The summed E-state index contributed by atoms with van der Waals surface area (Å²) in [6, 6.07) is 7.62. The molecule has 1 atom stereocenters.